The topological polar surface area (TPSA) is 56.7 Å². The van der Waals surface area contributed by atoms with Crippen LogP contribution in [-0.4, -0.2) is 19.5 Å². The molecule has 0 spiro atoms. The van der Waals surface area contributed by atoms with E-state index in [2.05, 4.69) is 156 Å². The minimum atomic E-state index is 0.528. The van der Waals surface area contributed by atoms with E-state index in [0.29, 0.717) is 17.6 Å². The van der Waals surface area contributed by atoms with Crippen molar-refractivity contribution in [3.8, 4) is 62.1 Å². The molecule has 3 aromatic heterocycles. The van der Waals surface area contributed by atoms with E-state index in [1.54, 1.807) is 0 Å². The van der Waals surface area contributed by atoms with Gasteiger partial charge in [0.25, 0.3) is 0 Å². The first-order valence-corrected chi connectivity index (χ1v) is 18.8. The van der Waals surface area contributed by atoms with Crippen molar-refractivity contribution in [3.05, 3.63) is 194 Å². The third kappa shape index (κ3) is 5.21. The largest absolute Gasteiger partial charge is 0.454 e. The fourth-order valence-electron chi connectivity index (χ4n) is 8.10. The maximum absolute atomic E-state index is 6.62. The number of rotatable bonds is 6. The first kappa shape index (κ1) is 31.9. The van der Waals surface area contributed by atoms with E-state index in [1.807, 2.05) is 42.5 Å². The van der Waals surface area contributed by atoms with E-state index >= 15 is 0 Å². The molecule has 0 amide bonds. The quantitative estimate of drug-likeness (QED) is 0.172. The standard InChI is InChI=1S/C51H32N4O/c1-3-15-33(16-4-1)37-19-7-9-21-39(37)40-22-10-8-20-38(40)34-27-29-36(30-28-34)50-52-49(35-17-5-2-6-18-35)53-51(54-50)55-45-25-13-11-23-41(45)43-31-32-44-42-24-12-14-26-46(42)56-48(44)47(43)55/h1-32H. The molecule has 0 unspecified atom stereocenters. The summed E-state index contributed by atoms with van der Waals surface area (Å²) in [6, 6.07) is 67.5. The second-order valence-electron chi connectivity index (χ2n) is 14.0. The van der Waals surface area contributed by atoms with Crippen LogP contribution >= 0.6 is 0 Å². The van der Waals surface area contributed by atoms with Gasteiger partial charge in [-0.3, -0.25) is 4.57 Å². The van der Waals surface area contributed by atoms with Crippen molar-refractivity contribution >= 4 is 43.7 Å². The second kappa shape index (κ2) is 13.0. The van der Waals surface area contributed by atoms with Gasteiger partial charge in [-0.2, -0.15) is 9.97 Å². The maximum atomic E-state index is 6.62. The number of hydrogen-bond acceptors (Lipinski definition) is 4. The van der Waals surface area contributed by atoms with E-state index in [1.165, 1.54) is 22.3 Å². The lowest BCUT2D eigenvalue weighted by Gasteiger charge is -2.15. The van der Waals surface area contributed by atoms with E-state index in [9.17, 15) is 0 Å². The number of hydrogen-bond donors (Lipinski definition) is 0. The molecular weight excluding hydrogens is 685 g/mol. The minimum Gasteiger partial charge on any atom is -0.454 e. The smallest absolute Gasteiger partial charge is 0.238 e. The Balaban J connectivity index is 1.09. The summed E-state index contributed by atoms with van der Waals surface area (Å²) in [5, 5.41) is 4.31. The Morgan fingerprint density at radius 3 is 1.50 bits per heavy atom. The Labute approximate surface area is 322 Å². The summed E-state index contributed by atoms with van der Waals surface area (Å²) < 4.78 is 8.77. The van der Waals surface area contributed by atoms with Crippen LogP contribution in [0.5, 0.6) is 0 Å². The molecule has 0 aliphatic rings. The minimum absolute atomic E-state index is 0.528. The van der Waals surface area contributed by atoms with Crippen molar-refractivity contribution in [2.75, 3.05) is 0 Å². The first-order valence-electron chi connectivity index (χ1n) is 18.8. The molecule has 0 aliphatic carbocycles. The highest BCUT2D eigenvalue weighted by Crippen LogP contribution is 2.41. The van der Waals surface area contributed by atoms with Crippen LogP contribution in [0.15, 0.2) is 199 Å². The normalized spacial score (nSPS) is 11.6. The van der Waals surface area contributed by atoms with Gasteiger partial charge in [0.15, 0.2) is 17.2 Å². The first-order chi connectivity index (χ1) is 27.8. The fourth-order valence-corrected chi connectivity index (χ4v) is 8.10. The number of aromatic nitrogens is 4. The molecule has 56 heavy (non-hydrogen) atoms. The van der Waals surface area contributed by atoms with Gasteiger partial charge in [-0.1, -0.05) is 176 Å². The zero-order chi connectivity index (χ0) is 37.0. The van der Waals surface area contributed by atoms with E-state index in [4.69, 9.17) is 19.4 Å². The number of furan rings is 1. The predicted molar refractivity (Wildman–Crippen MR) is 229 cm³/mol. The highest BCUT2D eigenvalue weighted by molar-refractivity contribution is 6.21. The summed E-state index contributed by atoms with van der Waals surface area (Å²) in [6.45, 7) is 0. The molecule has 262 valence electrons. The van der Waals surface area contributed by atoms with Gasteiger partial charge in [-0.15, -0.1) is 0 Å². The molecule has 5 nitrogen and oxygen atoms in total. The Hall–Kier alpha value is -7.63. The van der Waals surface area contributed by atoms with Crippen molar-refractivity contribution in [1.29, 1.82) is 0 Å². The predicted octanol–water partition coefficient (Wildman–Crippen LogP) is 13.2. The monoisotopic (exact) mass is 716 g/mol. The Kier molecular flexibility index (Phi) is 7.42. The van der Waals surface area contributed by atoms with Gasteiger partial charge in [-0.05, 0) is 51.6 Å². The van der Waals surface area contributed by atoms with Gasteiger partial charge in [0.2, 0.25) is 5.95 Å². The molecule has 0 N–H and O–H groups in total. The fraction of sp³-hybridized carbons (Fsp3) is 0. The molecule has 3 heterocycles. The third-order valence-electron chi connectivity index (χ3n) is 10.7. The van der Waals surface area contributed by atoms with Crippen LogP contribution in [0.2, 0.25) is 0 Å². The zero-order valence-electron chi connectivity index (χ0n) is 30.2. The van der Waals surface area contributed by atoms with Crippen LogP contribution in [0.1, 0.15) is 0 Å². The molecule has 0 saturated carbocycles. The Morgan fingerprint density at radius 1 is 0.339 bits per heavy atom. The van der Waals surface area contributed by atoms with Crippen molar-refractivity contribution in [2.45, 2.75) is 0 Å². The highest BCUT2D eigenvalue weighted by Gasteiger charge is 2.22. The van der Waals surface area contributed by atoms with Gasteiger partial charge >= 0.3 is 0 Å². The Bertz CT molecular complexity index is 3240. The second-order valence-corrected chi connectivity index (χ2v) is 14.0. The summed E-state index contributed by atoms with van der Waals surface area (Å²) in [4.78, 5) is 15.5. The molecule has 0 fully saturated rings. The average molecular weight is 717 g/mol. The van der Waals surface area contributed by atoms with Crippen LogP contribution in [0, 0.1) is 0 Å². The molecule has 0 bridgehead atoms. The summed E-state index contributed by atoms with van der Waals surface area (Å²) in [7, 11) is 0. The maximum Gasteiger partial charge on any atom is 0.238 e. The van der Waals surface area contributed by atoms with E-state index in [-0.39, 0.29) is 0 Å². The summed E-state index contributed by atoms with van der Waals surface area (Å²) in [6.07, 6.45) is 0. The van der Waals surface area contributed by atoms with Gasteiger partial charge in [0.05, 0.1) is 5.52 Å². The number of fused-ring (bicyclic) bond motifs is 7. The Morgan fingerprint density at radius 2 is 0.821 bits per heavy atom. The highest BCUT2D eigenvalue weighted by atomic mass is 16.3. The molecular formula is C51H32N4O. The molecule has 8 aromatic carbocycles. The van der Waals surface area contributed by atoms with Gasteiger partial charge < -0.3 is 4.42 Å². The van der Waals surface area contributed by atoms with Crippen LogP contribution in [-0.2, 0) is 0 Å². The van der Waals surface area contributed by atoms with Gasteiger partial charge in [0, 0.05) is 32.7 Å². The number of nitrogens with zero attached hydrogens (tertiary/aromatic N) is 4. The zero-order valence-corrected chi connectivity index (χ0v) is 30.2. The number of benzene rings is 8. The molecule has 0 radical (unpaired) electrons. The van der Waals surface area contributed by atoms with E-state index < -0.39 is 0 Å². The van der Waals surface area contributed by atoms with Crippen molar-refractivity contribution < 1.29 is 4.42 Å². The lowest BCUT2D eigenvalue weighted by Crippen LogP contribution is -2.06. The van der Waals surface area contributed by atoms with Crippen LogP contribution in [0.4, 0.5) is 0 Å². The van der Waals surface area contributed by atoms with Crippen molar-refractivity contribution in [2.24, 2.45) is 0 Å². The van der Waals surface area contributed by atoms with Crippen LogP contribution in [0.3, 0.4) is 0 Å². The van der Waals surface area contributed by atoms with Crippen LogP contribution in [0.25, 0.3) is 106 Å². The van der Waals surface area contributed by atoms with Gasteiger partial charge in [-0.25, -0.2) is 4.98 Å². The van der Waals surface area contributed by atoms with Crippen LogP contribution < -0.4 is 0 Å². The van der Waals surface area contributed by atoms with Gasteiger partial charge in [0.1, 0.15) is 11.1 Å². The average Bonchev–Trinajstić information content (AvgIpc) is 3.83. The summed E-state index contributed by atoms with van der Waals surface area (Å²) in [5.74, 6) is 1.71. The summed E-state index contributed by atoms with van der Waals surface area (Å²) >= 11 is 0. The summed E-state index contributed by atoms with van der Waals surface area (Å²) in [5.41, 5.74) is 12.4. The lowest BCUT2D eigenvalue weighted by atomic mass is 9.89. The van der Waals surface area contributed by atoms with Crippen molar-refractivity contribution in [3.63, 3.8) is 0 Å². The third-order valence-corrected chi connectivity index (χ3v) is 10.7. The molecule has 0 saturated heterocycles. The lowest BCUT2D eigenvalue weighted by molar-refractivity contribution is 0.670. The van der Waals surface area contributed by atoms with Crippen molar-refractivity contribution in [1.82, 2.24) is 19.5 Å². The SMILES string of the molecule is c1ccc(-c2nc(-c3ccc(-c4ccccc4-c4ccccc4-c4ccccc4)cc3)nc(-n3c4ccccc4c4ccc5c6ccccc6oc5c43)n2)cc1. The molecule has 0 aliphatic heterocycles. The molecule has 11 rings (SSSR count). The molecule has 5 heteroatoms. The van der Waals surface area contributed by atoms with E-state index in [0.717, 1.165) is 66.0 Å². The molecule has 0 atom stereocenters. The molecule has 11 aromatic rings. The number of para-hydroxylation sites is 2.